The van der Waals surface area contributed by atoms with Crippen molar-refractivity contribution in [1.29, 1.82) is 0 Å². The molecule has 2 aromatic heterocycles. The molecular formula is C20H22ClN3O3. The second kappa shape index (κ2) is 8.41. The molecule has 1 aromatic carbocycles. The van der Waals surface area contributed by atoms with Gasteiger partial charge in [-0.3, -0.25) is 4.79 Å². The molecule has 7 heteroatoms. The van der Waals surface area contributed by atoms with Crippen molar-refractivity contribution in [3.05, 3.63) is 65.5 Å². The van der Waals surface area contributed by atoms with E-state index in [1.807, 2.05) is 4.90 Å². The van der Waals surface area contributed by atoms with Gasteiger partial charge in [-0.15, -0.1) is 12.4 Å². The normalized spacial score (nSPS) is 16.8. The molecule has 3 aromatic rings. The fourth-order valence-electron chi connectivity index (χ4n) is 3.28. The monoisotopic (exact) mass is 387 g/mol. The minimum absolute atomic E-state index is 0. The number of carbonyl (C=O) groups is 1. The van der Waals surface area contributed by atoms with Crippen LogP contribution in [0.15, 0.2) is 57.7 Å². The van der Waals surface area contributed by atoms with Crippen LogP contribution in [0.5, 0.6) is 0 Å². The first-order chi connectivity index (χ1) is 12.8. The third-order valence-electron chi connectivity index (χ3n) is 4.77. The largest absolute Gasteiger partial charge is 0.461 e. The number of hydrogen-bond acceptors (Lipinski definition) is 5. The van der Waals surface area contributed by atoms with Crippen LogP contribution in [-0.4, -0.2) is 35.6 Å². The lowest BCUT2D eigenvalue weighted by atomic mass is 10.0. The number of aryl methyl sites for hydroxylation is 1. The summed E-state index contributed by atoms with van der Waals surface area (Å²) >= 11 is 0. The first-order valence-corrected chi connectivity index (χ1v) is 8.87. The highest BCUT2D eigenvalue weighted by Gasteiger charge is 2.30. The zero-order chi connectivity index (χ0) is 17.9. The van der Waals surface area contributed by atoms with Crippen molar-refractivity contribution in [2.24, 2.45) is 0 Å². The van der Waals surface area contributed by atoms with Crippen LogP contribution >= 0.6 is 12.4 Å². The van der Waals surface area contributed by atoms with E-state index in [1.54, 1.807) is 24.5 Å². The van der Waals surface area contributed by atoms with Crippen LogP contribution < -0.4 is 5.32 Å². The Morgan fingerprint density at radius 2 is 2.07 bits per heavy atom. The fourth-order valence-corrected chi connectivity index (χ4v) is 3.28. The van der Waals surface area contributed by atoms with Gasteiger partial charge in [0.1, 0.15) is 0 Å². The molecule has 1 fully saturated rings. The van der Waals surface area contributed by atoms with Crippen molar-refractivity contribution in [3.63, 3.8) is 0 Å². The van der Waals surface area contributed by atoms with Crippen LogP contribution in [0.25, 0.3) is 11.5 Å². The highest BCUT2D eigenvalue weighted by Crippen LogP contribution is 2.26. The molecule has 142 valence electrons. The Bertz CT molecular complexity index is 874. The zero-order valence-corrected chi connectivity index (χ0v) is 15.9. The van der Waals surface area contributed by atoms with Gasteiger partial charge in [0.2, 0.25) is 5.76 Å². The van der Waals surface area contributed by atoms with Crippen LogP contribution in [0.1, 0.15) is 34.6 Å². The highest BCUT2D eigenvalue weighted by molar-refractivity contribution is 5.93. The molecule has 1 aliphatic heterocycles. The summed E-state index contributed by atoms with van der Waals surface area (Å²) in [6.07, 6.45) is 2.56. The summed E-state index contributed by atoms with van der Waals surface area (Å²) in [6.45, 7) is 4.24. The average Bonchev–Trinajstić information content (AvgIpc) is 3.39. The number of rotatable bonds is 4. The maximum atomic E-state index is 13.0. The summed E-state index contributed by atoms with van der Waals surface area (Å²) in [5.74, 6) is 0.888. The number of amides is 1. The summed E-state index contributed by atoms with van der Waals surface area (Å²) in [7, 11) is 0. The number of aromatic nitrogens is 1. The van der Waals surface area contributed by atoms with Gasteiger partial charge in [-0.1, -0.05) is 36.3 Å². The van der Waals surface area contributed by atoms with Gasteiger partial charge in [-0.25, -0.2) is 0 Å². The number of nitrogens with one attached hydrogen (secondary N) is 1. The van der Waals surface area contributed by atoms with Crippen molar-refractivity contribution in [2.45, 2.75) is 19.4 Å². The number of halogens is 1. The number of benzene rings is 1. The molecule has 3 heterocycles. The molecule has 27 heavy (non-hydrogen) atoms. The number of furan rings is 1. The Balaban J connectivity index is 0.00000210. The van der Waals surface area contributed by atoms with Crippen molar-refractivity contribution in [2.75, 3.05) is 19.6 Å². The second-order valence-corrected chi connectivity index (χ2v) is 6.37. The Hall–Kier alpha value is -2.57. The van der Waals surface area contributed by atoms with Gasteiger partial charge < -0.3 is 19.2 Å². The molecule has 1 N–H and O–H groups in total. The van der Waals surface area contributed by atoms with Gasteiger partial charge in [0.25, 0.3) is 5.91 Å². The Morgan fingerprint density at radius 3 is 2.78 bits per heavy atom. The Kier molecular flexibility index (Phi) is 5.98. The molecule has 1 amide bonds. The lowest BCUT2D eigenvalue weighted by molar-refractivity contribution is 0.0623. The first kappa shape index (κ1) is 19.2. The van der Waals surface area contributed by atoms with E-state index in [4.69, 9.17) is 8.94 Å². The van der Waals surface area contributed by atoms with E-state index >= 15 is 0 Å². The average molecular weight is 388 g/mol. The van der Waals surface area contributed by atoms with Crippen LogP contribution in [0.3, 0.4) is 0 Å². The maximum absolute atomic E-state index is 13.0. The van der Waals surface area contributed by atoms with Gasteiger partial charge in [0, 0.05) is 25.7 Å². The van der Waals surface area contributed by atoms with Crippen LogP contribution in [0.2, 0.25) is 0 Å². The van der Waals surface area contributed by atoms with Crippen molar-refractivity contribution in [3.8, 4) is 11.5 Å². The standard InChI is InChI=1S/C20H21N3O3.ClH/c1-2-14-5-7-15(8-6-14)17-13-21-9-10-23(17)20(24)16-12-19(26-22-16)18-4-3-11-25-18;/h3-8,11-12,17,21H,2,9-10,13H2,1H3;1H. The molecule has 0 spiro atoms. The zero-order valence-electron chi connectivity index (χ0n) is 15.1. The molecule has 0 bridgehead atoms. The molecule has 1 atom stereocenters. The first-order valence-electron chi connectivity index (χ1n) is 8.87. The summed E-state index contributed by atoms with van der Waals surface area (Å²) < 4.78 is 10.6. The number of piperazine rings is 1. The smallest absolute Gasteiger partial charge is 0.276 e. The van der Waals surface area contributed by atoms with Gasteiger partial charge in [0.05, 0.1) is 12.3 Å². The summed E-state index contributed by atoms with van der Waals surface area (Å²) in [5.41, 5.74) is 2.71. The Morgan fingerprint density at radius 1 is 1.26 bits per heavy atom. The molecule has 0 radical (unpaired) electrons. The van der Waals surface area contributed by atoms with Gasteiger partial charge in [-0.2, -0.15) is 0 Å². The molecular weight excluding hydrogens is 366 g/mol. The third kappa shape index (κ3) is 3.91. The minimum atomic E-state index is -0.127. The molecule has 4 rings (SSSR count). The maximum Gasteiger partial charge on any atom is 0.276 e. The number of hydrogen-bond donors (Lipinski definition) is 1. The summed E-state index contributed by atoms with van der Waals surface area (Å²) in [6, 6.07) is 13.6. The van der Waals surface area contributed by atoms with Crippen LogP contribution in [0.4, 0.5) is 0 Å². The topological polar surface area (TPSA) is 71.5 Å². The predicted octanol–water partition coefficient (Wildman–Crippen LogP) is 3.71. The van der Waals surface area contributed by atoms with Gasteiger partial charge in [0.15, 0.2) is 11.5 Å². The second-order valence-electron chi connectivity index (χ2n) is 6.37. The third-order valence-corrected chi connectivity index (χ3v) is 4.77. The predicted molar refractivity (Wildman–Crippen MR) is 104 cm³/mol. The van der Waals surface area contributed by atoms with E-state index in [-0.39, 0.29) is 24.4 Å². The lowest BCUT2D eigenvalue weighted by Gasteiger charge is -2.36. The van der Waals surface area contributed by atoms with E-state index in [9.17, 15) is 4.79 Å². The number of carbonyl (C=O) groups excluding carboxylic acids is 1. The van der Waals surface area contributed by atoms with E-state index in [0.29, 0.717) is 23.8 Å². The van der Waals surface area contributed by atoms with Crippen LogP contribution in [0, 0.1) is 0 Å². The number of nitrogens with zero attached hydrogens (tertiary/aromatic N) is 2. The fraction of sp³-hybridized carbons (Fsp3) is 0.300. The van der Waals surface area contributed by atoms with Crippen molar-refractivity contribution >= 4 is 18.3 Å². The molecule has 0 saturated carbocycles. The SMILES string of the molecule is CCc1ccc(C2CNCCN2C(=O)c2cc(-c3ccco3)on2)cc1.Cl. The summed E-state index contributed by atoms with van der Waals surface area (Å²) in [5, 5.41) is 7.33. The molecule has 6 nitrogen and oxygen atoms in total. The highest BCUT2D eigenvalue weighted by atomic mass is 35.5. The minimum Gasteiger partial charge on any atom is -0.461 e. The quantitative estimate of drug-likeness (QED) is 0.739. The van der Waals surface area contributed by atoms with E-state index in [2.05, 4.69) is 41.7 Å². The van der Waals surface area contributed by atoms with E-state index in [0.717, 1.165) is 25.1 Å². The summed E-state index contributed by atoms with van der Waals surface area (Å²) in [4.78, 5) is 14.9. The van der Waals surface area contributed by atoms with Gasteiger partial charge in [-0.05, 0) is 29.7 Å². The van der Waals surface area contributed by atoms with Crippen LogP contribution in [-0.2, 0) is 6.42 Å². The van der Waals surface area contributed by atoms with Crippen molar-refractivity contribution < 1.29 is 13.7 Å². The van der Waals surface area contributed by atoms with Gasteiger partial charge >= 0.3 is 0 Å². The van der Waals surface area contributed by atoms with Crippen molar-refractivity contribution in [1.82, 2.24) is 15.4 Å². The van der Waals surface area contributed by atoms with E-state index < -0.39 is 0 Å². The lowest BCUT2D eigenvalue weighted by Crippen LogP contribution is -2.48. The molecule has 0 aliphatic carbocycles. The Labute approximate surface area is 163 Å². The van der Waals surface area contributed by atoms with E-state index in [1.165, 1.54) is 5.56 Å². The molecule has 1 aliphatic rings. The molecule has 1 saturated heterocycles. The molecule has 1 unspecified atom stereocenters.